The average Bonchev–Trinajstić information content (AvgIpc) is 2.82. The number of nitrogens with one attached hydrogen (secondary N) is 2. The largest absolute Gasteiger partial charge is 0.338 e. The molecule has 19 heavy (non-hydrogen) atoms. The van der Waals surface area contributed by atoms with Gasteiger partial charge in [0.1, 0.15) is 5.82 Å². The first-order valence-corrected chi connectivity index (χ1v) is 6.97. The van der Waals surface area contributed by atoms with Crippen molar-refractivity contribution in [2.24, 2.45) is 5.92 Å². The van der Waals surface area contributed by atoms with Gasteiger partial charge in [-0.15, -0.1) is 0 Å². The first-order chi connectivity index (χ1) is 9.15. The van der Waals surface area contributed by atoms with Crippen molar-refractivity contribution in [3.63, 3.8) is 0 Å². The smallest absolute Gasteiger partial charge is 0.222 e. The first kappa shape index (κ1) is 14.0. The van der Waals surface area contributed by atoms with Crippen LogP contribution in [0.1, 0.15) is 37.3 Å². The molecular weight excluding hydrogens is 242 g/mol. The van der Waals surface area contributed by atoms with Crippen molar-refractivity contribution in [3.05, 3.63) is 11.6 Å². The number of aromatic amines is 1. The van der Waals surface area contributed by atoms with Crippen molar-refractivity contribution in [1.82, 2.24) is 25.4 Å². The lowest BCUT2D eigenvalue weighted by Gasteiger charge is -2.23. The number of carbonyl (C=O) groups excluding carboxylic acids is 1. The Morgan fingerprint density at radius 3 is 2.79 bits per heavy atom. The molecule has 106 valence electrons. The number of nitrogens with zero attached hydrogens (tertiary/aromatic N) is 3. The Kier molecular flexibility index (Phi) is 4.90. The lowest BCUT2D eigenvalue weighted by molar-refractivity contribution is -0.130. The fourth-order valence-electron chi connectivity index (χ4n) is 2.45. The third-order valence-electron chi connectivity index (χ3n) is 3.67. The van der Waals surface area contributed by atoms with Gasteiger partial charge in [-0.1, -0.05) is 0 Å². The van der Waals surface area contributed by atoms with E-state index in [9.17, 15) is 4.79 Å². The van der Waals surface area contributed by atoms with Gasteiger partial charge in [0.05, 0.1) is 6.54 Å². The second kappa shape index (κ2) is 6.65. The van der Waals surface area contributed by atoms with Crippen molar-refractivity contribution < 1.29 is 4.79 Å². The molecular formula is C13H23N5O. The normalized spacial score (nSPS) is 16.5. The molecule has 2 rings (SSSR count). The van der Waals surface area contributed by atoms with Gasteiger partial charge in [-0.3, -0.25) is 9.89 Å². The Hall–Kier alpha value is -1.43. The van der Waals surface area contributed by atoms with Crippen LogP contribution < -0.4 is 5.32 Å². The average molecular weight is 265 g/mol. The topological polar surface area (TPSA) is 73.9 Å². The van der Waals surface area contributed by atoms with E-state index in [4.69, 9.17) is 0 Å². The summed E-state index contributed by atoms with van der Waals surface area (Å²) in [5.41, 5.74) is 0. The van der Waals surface area contributed by atoms with Crippen LogP contribution in [0, 0.1) is 12.8 Å². The molecule has 6 heteroatoms. The molecule has 2 heterocycles. The third-order valence-corrected chi connectivity index (χ3v) is 3.67. The van der Waals surface area contributed by atoms with Crippen LogP contribution in [0.2, 0.25) is 0 Å². The molecule has 1 fully saturated rings. The molecule has 0 aromatic carbocycles. The van der Waals surface area contributed by atoms with Crippen molar-refractivity contribution in [2.75, 3.05) is 20.1 Å². The van der Waals surface area contributed by atoms with Gasteiger partial charge in [-0.05, 0) is 45.2 Å². The van der Waals surface area contributed by atoms with Crippen molar-refractivity contribution >= 4 is 5.91 Å². The zero-order valence-corrected chi connectivity index (χ0v) is 11.8. The SMILES string of the molecule is Cc1nc(CN(C)C(=O)CCC2CCNCC2)n[nH]1. The fraction of sp³-hybridized carbons (Fsp3) is 0.769. The quantitative estimate of drug-likeness (QED) is 0.828. The van der Waals surface area contributed by atoms with E-state index in [2.05, 4.69) is 20.5 Å². The fourth-order valence-corrected chi connectivity index (χ4v) is 2.45. The number of piperidine rings is 1. The highest BCUT2D eigenvalue weighted by Gasteiger charge is 2.17. The highest BCUT2D eigenvalue weighted by Crippen LogP contribution is 2.18. The molecule has 0 radical (unpaired) electrons. The van der Waals surface area contributed by atoms with Crippen LogP contribution in [-0.2, 0) is 11.3 Å². The molecule has 1 aliphatic rings. The van der Waals surface area contributed by atoms with E-state index in [1.165, 1.54) is 12.8 Å². The predicted molar refractivity (Wildman–Crippen MR) is 72.4 cm³/mol. The molecule has 0 spiro atoms. The number of H-pyrrole nitrogens is 1. The van der Waals surface area contributed by atoms with E-state index in [-0.39, 0.29) is 5.91 Å². The maximum Gasteiger partial charge on any atom is 0.222 e. The summed E-state index contributed by atoms with van der Waals surface area (Å²) in [7, 11) is 1.82. The highest BCUT2D eigenvalue weighted by molar-refractivity contribution is 5.75. The summed E-state index contributed by atoms with van der Waals surface area (Å²) >= 11 is 0. The van der Waals surface area contributed by atoms with Gasteiger partial charge in [0.2, 0.25) is 5.91 Å². The van der Waals surface area contributed by atoms with Gasteiger partial charge in [0.25, 0.3) is 0 Å². The number of rotatable bonds is 5. The maximum atomic E-state index is 12.0. The van der Waals surface area contributed by atoms with Crippen LogP contribution in [0.15, 0.2) is 0 Å². The molecule has 1 aliphatic heterocycles. The van der Waals surface area contributed by atoms with Crippen LogP contribution in [0.4, 0.5) is 0 Å². The zero-order valence-electron chi connectivity index (χ0n) is 11.8. The third kappa shape index (κ3) is 4.31. The molecule has 0 bridgehead atoms. The molecule has 0 saturated carbocycles. The number of aromatic nitrogens is 3. The molecule has 1 aromatic heterocycles. The lowest BCUT2D eigenvalue weighted by Crippen LogP contribution is -2.30. The number of hydrogen-bond acceptors (Lipinski definition) is 4. The van der Waals surface area contributed by atoms with Crippen LogP contribution in [0.5, 0.6) is 0 Å². The molecule has 0 aliphatic carbocycles. The Bertz CT molecular complexity index is 411. The monoisotopic (exact) mass is 265 g/mol. The zero-order chi connectivity index (χ0) is 13.7. The Balaban J connectivity index is 1.72. The van der Waals surface area contributed by atoms with E-state index in [1.807, 2.05) is 14.0 Å². The van der Waals surface area contributed by atoms with Crippen molar-refractivity contribution in [2.45, 2.75) is 39.2 Å². The Labute approximate surface area is 114 Å². The second-order valence-electron chi connectivity index (χ2n) is 5.32. The van der Waals surface area contributed by atoms with Gasteiger partial charge in [-0.25, -0.2) is 4.98 Å². The predicted octanol–water partition coefficient (Wildman–Crippen LogP) is 0.851. The summed E-state index contributed by atoms with van der Waals surface area (Å²) in [5.74, 6) is 2.34. The molecule has 0 atom stereocenters. The minimum absolute atomic E-state index is 0.181. The minimum Gasteiger partial charge on any atom is -0.338 e. The van der Waals surface area contributed by atoms with Crippen LogP contribution >= 0.6 is 0 Å². The number of hydrogen-bond donors (Lipinski definition) is 2. The highest BCUT2D eigenvalue weighted by atomic mass is 16.2. The Morgan fingerprint density at radius 2 is 2.16 bits per heavy atom. The molecule has 6 nitrogen and oxygen atoms in total. The van der Waals surface area contributed by atoms with Crippen molar-refractivity contribution in [3.8, 4) is 0 Å². The number of carbonyl (C=O) groups is 1. The van der Waals surface area contributed by atoms with Crippen molar-refractivity contribution in [1.29, 1.82) is 0 Å². The summed E-state index contributed by atoms with van der Waals surface area (Å²) in [4.78, 5) is 18.0. The Morgan fingerprint density at radius 1 is 1.42 bits per heavy atom. The van der Waals surface area contributed by atoms with Gasteiger partial charge < -0.3 is 10.2 Å². The maximum absolute atomic E-state index is 12.0. The van der Waals surface area contributed by atoms with Gasteiger partial charge in [0.15, 0.2) is 5.82 Å². The van der Waals surface area contributed by atoms with E-state index in [1.54, 1.807) is 4.90 Å². The molecule has 2 N–H and O–H groups in total. The summed E-state index contributed by atoms with van der Waals surface area (Å²) in [6.07, 6.45) is 4.01. The lowest BCUT2D eigenvalue weighted by atomic mass is 9.93. The summed E-state index contributed by atoms with van der Waals surface area (Å²) in [6, 6.07) is 0. The number of aryl methyl sites for hydroxylation is 1. The van der Waals surface area contributed by atoms with Crippen LogP contribution in [-0.4, -0.2) is 46.1 Å². The van der Waals surface area contributed by atoms with E-state index in [0.717, 1.165) is 25.3 Å². The standard InChI is InChI=1S/C13H23N5O/c1-10-15-12(17-16-10)9-18(2)13(19)4-3-11-5-7-14-8-6-11/h11,14H,3-9H2,1-2H3,(H,15,16,17). The van der Waals surface area contributed by atoms with Gasteiger partial charge >= 0.3 is 0 Å². The molecule has 1 amide bonds. The van der Waals surface area contributed by atoms with E-state index < -0.39 is 0 Å². The van der Waals surface area contributed by atoms with Gasteiger partial charge in [-0.2, -0.15) is 5.10 Å². The summed E-state index contributed by atoms with van der Waals surface area (Å²) < 4.78 is 0. The molecule has 0 unspecified atom stereocenters. The van der Waals surface area contributed by atoms with Gasteiger partial charge in [0, 0.05) is 13.5 Å². The second-order valence-corrected chi connectivity index (χ2v) is 5.32. The number of amides is 1. The molecule has 1 aromatic rings. The van der Waals surface area contributed by atoms with E-state index >= 15 is 0 Å². The van der Waals surface area contributed by atoms with Crippen LogP contribution in [0.3, 0.4) is 0 Å². The summed E-state index contributed by atoms with van der Waals surface area (Å²) in [6.45, 7) is 4.52. The first-order valence-electron chi connectivity index (χ1n) is 6.97. The summed E-state index contributed by atoms with van der Waals surface area (Å²) in [5, 5.41) is 10.2. The molecule has 1 saturated heterocycles. The minimum atomic E-state index is 0.181. The van der Waals surface area contributed by atoms with Crippen LogP contribution in [0.25, 0.3) is 0 Å². The van der Waals surface area contributed by atoms with E-state index in [0.29, 0.717) is 24.7 Å².